The van der Waals surface area contributed by atoms with Gasteiger partial charge in [-0.1, -0.05) is 24.6 Å². The van der Waals surface area contributed by atoms with E-state index >= 15 is 0 Å². The van der Waals surface area contributed by atoms with Crippen molar-refractivity contribution < 1.29 is 9.21 Å². The third kappa shape index (κ3) is 4.70. The molecule has 30 heavy (non-hydrogen) atoms. The van der Waals surface area contributed by atoms with Crippen LogP contribution in [0.15, 0.2) is 46.2 Å². The first-order chi connectivity index (χ1) is 14.6. The summed E-state index contributed by atoms with van der Waals surface area (Å²) in [7, 11) is 1.89. The molecule has 3 heterocycles. The van der Waals surface area contributed by atoms with Crippen molar-refractivity contribution >= 4 is 29.0 Å². The van der Waals surface area contributed by atoms with Gasteiger partial charge in [0.1, 0.15) is 5.76 Å². The molecule has 0 unspecified atom stereocenters. The van der Waals surface area contributed by atoms with Crippen molar-refractivity contribution in [2.75, 3.05) is 29.1 Å². The molecule has 0 radical (unpaired) electrons. The largest absolute Gasteiger partial charge is 0.469 e. The van der Waals surface area contributed by atoms with Gasteiger partial charge in [-0.25, -0.2) is 0 Å². The topological polar surface area (TPSA) is 76.2 Å². The van der Waals surface area contributed by atoms with Gasteiger partial charge >= 0.3 is 0 Å². The number of anilines is 2. The molecule has 1 saturated heterocycles. The van der Waals surface area contributed by atoms with Crippen molar-refractivity contribution in [1.29, 1.82) is 0 Å². The zero-order valence-corrected chi connectivity index (χ0v) is 18.2. The van der Waals surface area contributed by atoms with E-state index in [0.29, 0.717) is 5.16 Å². The highest BCUT2D eigenvalue weighted by Crippen LogP contribution is 2.26. The van der Waals surface area contributed by atoms with Crippen molar-refractivity contribution in [3.8, 4) is 11.4 Å². The lowest BCUT2D eigenvalue weighted by Crippen LogP contribution is -2.23. The van der Waals surface area contributed by atoms with Crippen molar-refractivity contribution in [3.63, 3.8) is 0 Å². The number of carbonyl (C=O) groups excluding carboxylic acids is 1. The Labute approximate surface area is 180 Å². The number of nitrogens with zero attached hydrogens (tertiary/aromatic N) is 4. The van der Waals surface area contributed by atoms with Gasteiger partial charge in [0.15, 0.2) is 11.0 Å². The molecule has 0 atom stereocenters. The second kappa shape index (κ2) is 9.38. The summed E-state index contributed by atoms with van der Waals surface area (Å²) in [5.74, 6) is 1.73. The molecule has 8 heteroatoms. The number of hydrogen-bond acceptors (Lipinski definition) is 6. The molecule has 1 aromatic carbocycles. The van der Waals surface area contributed by atoms with Crippen LogP contribution in [0.2, 0.25) is 0 Å². The van der Waals surface area contributed by atoms with Gasteiger partial charge in [0.2, 0.25) is 5.91 Å². The average Bonchev–Trinajstić information content (AvgIpc) is 3.20. The summed E-state index contributed by atoms with van der Waals surface area (Å²) in [5, 5.41) is 12.1. The van der Waals surface area contributed by atoms with Crippen LogP contribution in [-0.2, 0) is 11.8 Å². The molecule has 1 fully saturated rings. The number of benzene rings is 1. The lowest BCUT2D eigenvalue weighted by atomic mass is 10.2. The van der Waals surface area contributed by atoms with Crippen LogP contribution in [-0.4, -0.2) is 39.5 Å². The zero-order chi connectivity index (χ0) is 20.9. The second-order valence-corrected chi connectivity index (χ2v) is 8.48. The van der Waals surface area contributed by atoms with Crippen molar-refractivity contribution in [1.82, 2.24) is 14.8 Å². The third-order valence-electron chi connectivity index (χ3n) is 5.39. The SMILES string of the molecule is Cc1occc1-c1nnc(SCC(=O)Nc2ccc(N3CCCCCC3)cc2)n1C. The molecule has 0 saturated carbocycles. The van der Waals surface area contributed by atoms with Gasteiger partial charge in [-0.05, 0) is 50.1 Å². The predicted molar refractivity (Wildman–Crippen MR) is 120 cm³/mol. The summed E-state index contributed by atoms with van der Waals surface area (Å²) < 4.78 is 7.23. The summed E-state index contributed by atoms with van der Waals surface area (Å²) in [6, 6.07) is 10.0. The lowest BCUT2D eigenvalue weighted by molar-refractivity contribution is -0.113. The molecule has 1 aliphatic rings. The fourth-order valence-electron chi connectivity index (χ4n) is 3.70. The van der Waals surface area contributed by atoms with Crippen LogP contribution in [0.3, 0.4) is 0 Å². The van der Waals surface area contributed by atoms with E-state index in [1.165, 1.54) is 43.1 Å². The first kappa shape index (κ1) is 20.5. The first-order valence-electron chi connectivity index (χ1n) is 10.3. The van der Waals surface area contributed by atoms with Crippen LogP contribution in [0.5, 0.6) is 0 Å². The number of carbonyl (C=O) groups is 1. The van der Waals surface area contributed by atoms with Crippen molar-refractivity contribution in [2.24, 2.45) is 7.05 Å². The lowest BCUT2D eigenvalue weighted by Gasteiger charge is -2.22. The van der Waals surface area contributed by atoms with Gasteiger partial charge in [0.25, 0.3) is 0 Å². The third-order valence-corrected chi connectivity index (χ3v) is 6.41. The maximum Gasteiger partial charge on any atom is 0.234 e. The Morgan fingerprint density at radius 3 is 2.50 bits per heavy atom. The van der Waals surface area contributed by atoms with E-state index in [2.05, 4.69) is 32.5 Å². The number of amides is 1. The van der Waals surface area contributed by atoms with Crippen LogP contribution < -0.4 is 10.2 Å². The smallest absolute Gasteiger partial charge is 0.234 e. The first-order valence-corrected chi connectivity index (χ1v) is 11.3. The number of furan rings is 1. The molecular weight excluding hydrogens is 398 g/mol. The van der Waals surface area contributed by atoms with Crippen molar-refractivity contribution in [3.05, 3.63) is 42.4 Å². The molecule has 158 valence electrons. The van der Waals surface area contributed by atoms with Crippen LogP contribution in [0, 0.1) is 6.92 Å². The summed E-state index contributed by atoms with van der Waals surface area (Å²) in [4.78, 5) is 14.8. The van der Waals surface area contributed by atoms with Crippen LogP contribution >= 0.6 is 11.8 Å². The Morgan fingerprint density at radius 2 is 1.83 bits per heavy atom. The number of aryl methyl sites for hydroxylation is 1. The Kier molecular flexibility index (Phi) is 6.42. The Morgan fingerprint density at radius 1 is 1.10 bits per heavy atom. The van der Waals surface area contributed by atoms with Crippen LogP contribution in [0.4, 0.5) is 11.4 Å². The van der Waals surface area contributed by atoms with Gasteiger partial charge in [-0.2, -0.15) is 0 Å². The van der Waals surface area contributed by atoms with Crippen LogP contribution in [0.1, 0.15) is 31.4 Å². The summed E-state index contributed by atoms with van der Waals surface area (Å²) >= 11 is 1.37. The minimum Gasteiger partial charge on any atom is -0.469 e. The molecule has 0 bridgehead atoms. The van der Waals surface area contributed by atoms with E-state index in [-0.39, 0.29) is 11.7 Å². The highest BCUT2D eigenvalue weighted by atomic mass is 32.2. The van der Waals surface area contributed by atoms with Crippen LogP contribution in [0.25, 0.3) is 11.4 Å². The highest BCUT2D eigenvalue weighted by Gasteiger charge is 2.16. The molecule has 0 aliphatic carbocycles. The molecule has 7 nitrogen and oxygen atoms in total. The fraction of sp³-hybridized carbons (Fsp3) is 0.409. The number of aromatic nitrogens is 3. The molecule has 4 rings (SSSR count). The molecular formula is C22H27N5O2S. The fourth-order valence-corrected chi connectivity index (χ4v) is 4.41. The van der Waals surface area contributed by atoms with E-state index < -0.39 is 0 Å². The highest BCUT2D eigenvalue weighted by molar-refractivity contribution is 7.99. The van der Waals surface area contributed by atoms with E-state index in [4.69, 9.17) is 4.42 Å². The second-order valence-electron chi connectivity index (χ2n) is 7.54. The number of nitrogens with one attached hydrogen (secondary N) is 1. The molecule has 1 N–H and O–H groups in total. The van der Waals surface area contributed by atoms with Gasteiger partial charge in [-0.15, -0.1) is 10.2 Å². The Balaban J connectivity index is 1.32. The van der Waals surface area contributed by atoms with Gasteiger partial charge in [0.05, 0.1) is 17.6 Å². The molecule has 3 aromatic rings. The van der Waals surface area contributed by atoms with E-state index in [0.717, 1.165) is 35.9 Å². The monoisotopic (exact) mass is 425 g/mol. The van der Waals surface area contributed by atoms with Gasteiger partial charge in [-0.3, -0.25) is 4.79 Å². The minimum atomic E-state index is -0.0634. The van der Waals surface area contributed by atoms with E-state index in [9.17, 15) is 4.79 Å². The summed E-state index contributed by atoms with van der Waals surface area (Å²) in [6.45, 7) is 4.11. The Bertz CT molecular complexity index is 987. The van der Waals surface area contributed by atoms with Crippen molar-refractivity contribution in [2.45, 2.75) is 37.8 Å². The van der Waals surface area contributed by atoms with Gasteiger partial charge < -0.3 is 19.2 Å². The maximum absolute atomic E-state index is 12.4. The van der Waals surface area contributed by atoms with E-state index in [1.54, 1.807) is 6.26 Å². The molecule has 0 spiro atoms. The predicted octanol–water partition coefficient (Wildman–Crippen LogP) is 4.49. The standard InChI is InChI=1S/C22H27N5O2S/c1-16-19(11-14-29-16)21-24-25-22(26(21)2)30-15-20(28)23-17-7-9-18(10-8-17)27-12-5-3-4-6-13-27/h7-11,14H,3-6,12-13,15H2,1-2H3,(H,23,28). The van der Waals surface area contributed by atoms with E-state index in [1.807, 2.05) is 36.7 Å². The summed E-state index contributed by atoms with van der Waals surface area (Å²) in [6.07, 6.45) is 6.77. The normalized spacial score (nSPS) is 14.5. The summed E-state index contributed by atoms with van der Waals surface area (Å²) in [5.41, 5.74) is 2.95. The van der Waals surface area contributed by atoms with Gasteiger partial charge in [0, 0.05) is 31.5 Å². The minimum absolute atomic E-state index is 0.0634. The average molecular weight is 426 g/mol. The molecule has 1 amide bonds. The quantitative estimate of drug-likeness (QED) is 0.586. The number of hydrogen-bond donors (Lipinski definition) is 1. The number of rotatable bonds is 6. The zero-order valence-electron chi connectivity index (χ0n) is 17.4. The Hall–Kier alpha value is -2.74. The number of thioether (sulfide) groups is 1. The molecule has 1 aliphatic heterocycles. The molecule has 2 aromatic heterocycles. The maximum atomic E-state index is 12.4.